The third-order valence-electron chi connectivity index (χ3n) is 3.97. The Morgan fingerprint density at radius 3 is 2.43 bits per heavy atom. The van der Waals surface area contributed by atoms with Crippen molar-refractivity contribution in [2.75, 3.05) is 13.7 Å². The molecule has 160 valence electrons. The number of amides is 1. The lowest BCUT2D eigenvalue weighted by Gasteiger charge is -2.14. The first-order valence-electron chi connectivity index (χ1n) is 9.60. The predicted molar refractivity (Wildman–Crippen MR) is 111 cm³/mol. The van der Waals surface area contributed by atoms with E-state index in [1.807, 2.05) is 0 Å². The molecule has 0 aliphatic rings. The number of ether oxygens (including phenoxy) is 3. The number of rotatable bonds is 9. The lowest BCUT2D eigenvalue weighted by molar-refractivity contribution is -0.143. The fraction of sp³-hybridized carbons (Fsp3) is 0.304. The zero-order chi connectivity index (χ0) is 22.1. The van der Waals surface area contributed by atoms with Gasteiger partial charge in [0.25, 0.3) is 5.91 Å². The summed E-state index contributed by atoms with van der Waals surface area (Å²) in [5.74, 6) is -0.855. The van der Waals surface area contributed by atoms with Crippen molar-refractivity contribution >= 4 is 18.0 Å². The second kappa shape index (κ2) is 11.0. The third-order valence-corrected chi connectivity index (χ3v) is 3.97. The molecule has 0 bridgehead atoms. The normalized spacial score (nSPS) is 11.2. The molecule has 2 aromatic carbocycles. The Hall–Kier alpha value is -3.35. The van der Waals surface area contributed by atoms with Crippen molar-refractivity contribution in [1.29, 1.82) is 0 Å². The first-order valence-corrected chi connectivity index (χ1v) is 9.60. The Kier molecular flexibility index (Phi) is 8.41. The first kappa shape index (κ1) is 22.9. The SMILES string of the molecule is CCOC(=O)C(=Cc1ccc(OC)c(C(=O)NCc2ccc(F)cc2)c1)OC(C)C. The number of hydrogen-bond donors (Lipinski definition) is 1. The van der Waals surface area contributed by atoms with Crippen molar-refractivity contribution in [3.63, 3.8) is 0 Å². The van der Waals surface area contributed by atoms with Gasteiger partial charge in [-0.1, -0.05) is 18.2 Å². The van der Waals surface area contributed by atoms with E-state index < -0.39 is 5.97 Å². The zero-order valence-electron chi connectivity index (χ0n) is 17.5. The molecule has 0 aliphatic heterocycles. The molecule has 6 nitrogen and oxygen atoms in total. The third kappa shape index (κ3) is 6.62. The molecule has 0 radical (unpaired) electrons. The van der Waals surface area contributed by atoms with Gasteiger partial charge in [0.05, 0.1) is 25.4 Å². The monoisotopic (exact) mass is 415 g/mol. The molecular formula is C23H26FNO5. The van der Waals surface area contributed by atoms with Crippen LogP contribution in [0.15, 0.2) is 48.2 Å². The zero-order valence-corrected chi connectivity index (χ0v) is 17.5. The lowest BCUT2D eigenvalue weighted by Crippen LogP contribution is -2.23. The number of carbonyl (C=O) groups is 2. The molecule has 1 amide bonds. The number of esters is 1. The highest BCUT2D eigenvalue weighted by atomic mass is 19.1. The Balaban J connectivity index is 2.26. The van der Waals surface area contributed by atoms with Crippen LogP contribution in [-0.2, 0) is 20.8 Å². The van der Waals surface area contributed by atoms with Gasteiger partial charge in [0.2, 0.25) is 5.76 Å². The van der Waals surface area contributed by atoms with Crippen molar-refractivity contribution in [2.24, 2.45) is 0 Å². The van der Waals surface area contributed by atoms with Gasteiger partial charge < -0.3 is 19.5 Å². The number of benzene rings is 2. The van der Waals surface area contributed by atoms with Crippen molar-refractivity contribution in [2.45, 2.75) is 33.4 Å². The van der Waals surface area contributed by atoms with E-state index in [1.165, 1.54) is 25.3 Å². The maximum absolute atomic E-state index is 13.0. The fourth-order valence-corrected chi connectivity index (χ4v) is 2.62. The van der Waals surface area contributed by atoms with Crippen molar-refractivity contribution in [3.05, 3.63) is 70.7 Å². The van der Waals surface area contributed by atoms with Crippen LogP contribution in [0.3, 0.4) is 0 Å². The molecule has 2 rings (SSSR count). The number of carbonyl (C=O) groups excluding carboxylic acids is 2. The van der Waals surface area contributed by atoms with E-state index in [4.69, 9.17) is 14.2 Å². The lowest BCUT2D eigenvalue weighted by atomic mass is 10.1. The van der Waals surface area contributed by atoms with Gasteiger partial charge in [0.15, 0.2) is 0 Å². The standard InChI is InChI=1S/C23H26FNO5/c1-5-29-23(27)21(30-15(2)3)13-17-8-11-20(28-4)19(12-17)22(26)25-14-16-6-9-18(24)10-7-16/h6-13,15H,5,14H2,1-4H3,(H,25,26). The van der Waals surface area contributed by atoms with Gasteiger partial charge in [-0.15, -0.1) is 0 Å². The topological polar surface area (TPSA) is 73.9 Å². The van der Waals surface area contributed by atoms with Crippen LogP contribution in [0.25, 0.3) is 6.08 Å². The number of methoxy groups -OCH3 is 1. The summed E-state index contributed by atoms with van der Waals surface area (Å²) in [5, 5.41) is 2.78. The summed E-state index contributed by atoms with van der Waals surface area (Å²) in [4.78, 5) is 24.9. The van der Waals surface area contributed by atoms with Gasteiger partial charge >= 0.3 is 5.97 Å². The number of hydrogen-bond acceptors (Lipinski definition) is 5. The Morgan fingerprint density at radius 2 is 1.83 bits per heavy atom. The average Bonchev–Trinajstić information content (AvgIpc) is 2.72. The van der Waals surface area contributed by atoms with E-state index in [0.717, 1.165) is 5.56 Å². The summed E-state index contributed by atoms with van der Waals surface area (Å²) in [6.45, 7) is 5.76. The van der Waals surface area contributed by atoms with Crippen molar-refractivity contribution in [3.8, 4) is 5.75 Å². The molecule has 0 aliphatic carbocycles. The molecule has 7 heteroatoms. The van der Waals surface area contributed by atoms with Crippen LogP contribution in [0, 0.1) is 5.82 Å². The predicted octanol–water partition coefficient (Wildman–Crippen LogP) is 4.09. The highest BCUT2D eigenvalue weighted by Crippen LogP contribution is 2.22. The largest absolute Gasteiger partial charge is 0.496 e. The van der Waals surface area contributed by atoms with Crippen LogP contribution >= 0.6 is 0 Å². The molecular weight excluding hydrogens is 389 g/mol. The second-order valence-corrected chi connectivity index (χ2v) is 6.66. The first-order chi connectivity index (χ1) is 14.3. The molecule has 0 saturated heterocycles. The molecule has 0 saturated carbocycles. The summed E-state index contributed by atoms with van der Waals surface area (Å²) in [6, 6.07) is 10.8. The summed E-state index contributed by atoms with van der Waals surface area (Å²) >= 11 is 0. The van der Waals surface area contributed by atoms with E-state index in [-0.39, 0.29) is 36.7 Å². The van der Waals surface area contributed by atoms with Crippen molar-refractivity contribution in [1.82, 2.24) is 5.32 Å². The minimum absolute atomic E-state index is 0.0506. The minimum atomic E-state index is -0.579. The van der Waals surface area contributed by atoms with Gasteiger partial charge in [-0.25, -0.2) is 9.18 Å². The molecule has 1 N–H and O–H groups in total. The summed E-state index contributed by atoms with van der Waals surface area (Å²) in [6.07, 6.45) is 1.30. The van der Waals surface area contributed by atoms with Crippen LogP contribution < -0.4 is 10.1 Å². The van der Waals surface area contributed by atoms with E-state index in [9.17, 15) is 14.0 Å². The Morgan fingerprint density at radius 1 is 1.13 bits per heavy atom. The molecule has 30 heavy (non-hydrogen) atoms. The molecule has 0 spiro atoms. The van der Waals surface area contributed by atoms with E-state index in [2.05, 4.69) is 5.32 Å². The van der Waals surface area contributed by atoms with Gasteiger partial charge in [-0.2, -0.15) is 0 Å². The molecule has 0 fully saturated rings. The number of nitrogens with one attached hydrogen (secondary N) is 1. The molecule has 0 unspecified atom stereocenters. The highest BCUT2D eigenvalue weighted by molar-refractivity contribution is 5.98. The van der Waals surface area contributed by atoms with E-state index in [0.29, 0.717) is 16.9 Å². The fourth-order valence-electron chi connectivity index (χ4n) is 2.62. The van der Waals surface area contributed by atoms with E-state index in [1.54, 1.807) is 51.1 Å². The van der Waals surface area contributed by atoms with Crippen LogP contribution in [0.2, 0.25) is 0 Å². The van der Waals surface area contributed by atoms with Gasteiger partial charge in [0.1, 0.15) is 11.6 Å². The maximum atomic E-state index is 13.0. The van der Waals surface area contributed by atoms with Crippen LogP contribution in [0.4, 0.5) is 4.39 Å². The molecule has 0 aromatic heterocycles. The van der Waals surface area contributed by atoms with Gasteiger partial charge in [-0.05, 0) is 62.2 Å². The highest BCUT2D eigenvalue weighted by Gasteiger charge is 2.17. The average molecular weight is 415 g/mol. The van der Waals surface area contributed by atoms with E-state index >= 15 is 0 Å². The Bertz CT molecular complexity index is 906. The smallest absolute Gasteiger partial charge is 0.373 e. The van der Waals surface area contributed by atoms with Crippen LogP contribution in [0.1, 0.15) is 42.3 Å². The molecule has 2 aromatic rings. The molecule has 0 atom stereocenters. The molecule has 0 heterocycles. The summed E-state index contributed by atoms with van der Waals surface area (Å²) in [7, 11) is 1.47. The van der Waals surface area contributed by atoms with Crippen LogP contribution in [0.5, 0.6) is 5.75 Å². The summed E-state index contributed by atoms with van der Waals surface area (Å²) < 4.78 is 28.9. The van der Waals surface area contributed by atoms with Crippen molar-refractivity contribution < 1.29 is 28.2 Å². The van der Waals surface area contributed by atoms with Crippen LogP contribution in [-0.4, -0.2) is 31.7 Å². The Labute approximate surface area is 175 Å². The minimum Gasteiger partial charge on any atom is -0.496 e. The second-order valence-electron chi connectivity index (χ2n) is 6.66. The van der Waals surface area contributed by atoms with Gasteiger partial charge in [0, 0.05) is 6.54 Å². The number of halogens is 1. The summed E-state index contributed by atoms with van der Waals surface area (Å²) in [5.41, 5.74) is 1.63. The quantitative estimate of drug-likeness (QED) is 0.379. The van der Waals surface area contributed by atoms with Gasteiger partial charge in [-0.3, -0.25) is 4.79 Å². The maximum Gasteiger partial charge on any atom is 0.373 e.